The maximum absolute atomic E-state index is 15.0. The van der Waals surface area contributed by atoms with Crippen molar-refractivity contribution in [3.05, 3.63) is 84.5 Å². The molecular weight excluding hydrogens is 664 g/mol. The summed E-state index contributed by atoms with van der Waals surface area (Å²) < 4.78 is 14.9. The minimum Gasteiger partial charge on any atom is -0.455 e. The van der Waals surface area contributed by atoms with Crippen molar-refractivity contribution in [3.8, 4) is 0 Å². The summed E-state index contributed by atoms with van der Waals surface area (Å²) in [6.07, 6.45) is 6.60. The number of rotatable bonds is 7. The second-order valence-electron chi connectivity index (χ2n) is 14.4. The Kier molecular flexibility index (Phi) is 9.75. The van der Waals surface area contributed by atoms with Crippen LogP contribution in [0.5, 0.6) is 0 Å². The summed E-state index contributed by atoms with van der Waals surface area (Å²) >= 11 is 0. The number of hydrogen-bond acceptors (Lipinski definition) is 9. The number of amides is 3. The molecule has 0 saturated carbocycles. The fraction of sp³-hybridized carbons (Fsp3) is 0.487. The van der Waals surface area contributed by atoms with Crippen LogP contribution in [0.25, 0.3) is 11.0 Å². The highest BCUT2D eigenvalue weighted by atomic mass is 16.6. The van der Waals surface area contributed by atoms with Gasteiger partial charge in [0.2, 0.25) is 11.8 Å². The maximum Gasteiger partial charge on any atom is 0.313 e. The number of likely N-dealkylation sites (N-methyl/N-ethyl adjacent to an activating group) is 1. The van der Waals surface area contributed by atoms with E-state index >= 15 is 4.79 Å². The Morgan fingerprint density at radius 3 is 2.52 bits per heavy atom. The number of para-hydroxylation sites is 1. The van der Waals surface area contributed by atoms with Crippen LogP contribution < -0.4 is 0 Å². The monoisotopic (exact) mass is 710 g/mol. The molecule has 2 aromatic carbocycles. The fourth-order valence-corrected chi connectivity index (χ4v) is 8.36. The van der Waals surface area contributed by atoms with Crippen LogP contribution in [0, 0.1) is 17.8 Å². The number of carbonyl (C=O) groups excluding carboxylic acids is 4. The lowest BCUT2D eigenvalue weighted by atomic mass is 9.77. The van der Waals surface area contributed by atoms with Crippen LogP contribution >= 0.6 is 0 Å². The second kappa shape index (κ2) is 14.3. The van der Waals surface area contributed by atoms with Gasteiger partial charge in [0.1, 0.15) is 35.9 Å². The number of allylic oxidation sites excluding steroid dienone is 1. The van der Waals surface area contributed by atoms with E-state index < -0.39 is 59.6 Å². The van der Waals surface area contributed by atoms with E-state index in [2.05, 4.69) is 10.3 Å². The highest BCUT2D eigenvalue weighted by Crippen LogP contribution is 2.54. The molecule has 7 rings (SSSR count). The van der Waals surface area contributed by atoms with Gasteiger partial charge in [0, 0.05) is 20.0 Å². The Labute approximate surface area is 302 Å². The van der Waals surface area contributed by atoms with Crippen molar-refractivity contribution in [2.75, 3.05) is 20.2 Å². The summed E-state index contributed by atoms with van der Waals surface area (Å²) in [6, 6.07) is 14.3. The quantitative estimate of drug-likeness (QED) is 0.288. The largest absolute Gasteiger partial charge is 0.455 e. The molecule has 13 heteroatoms. The fourth-order valence-electron chi connectivity index (χ4n) is 8.36. The predicted molar refractivity (Wildman–Crippen MR) is 190 cm³/mol. The van der Waals surface area contributed by atoms with Gasteiger partial charge in [0.05, 0.1) is 36.2 Å². The number of nitrogens with zero attached hydrogens (tertiary/aromatic N) is 6. The van der Waals surface area contributed by atoms with Gasteiger partial charge in [-0.05, 0) is 37.0 Å². The van der Waals surface area contributed by atoms with Gasteiger partial charge in [-0.2, -0.15) is 0 Å². The number of benzene rings is 2. The Bertz CT molecular complexity index is 1900. The first-order valence-corrected chi connectivity index (χ1v) is 18.1. The number of carbonyl (C=O) groups is 4. The summed E-state index contributed by atoms with van der Waals surface area (Å²) in [7, 11) is 1.70. The van der Waals surface area contributed by atoms with E-state index in [9.17, 15) is 19.5 Å². The molecule has 3 aromatic rings. The minimum absolute atomic E-state index is 0.0586. The van der Waals surface area contributed by atoms with E-state index in [0.29, 0.717) is 23.9 Å². The third-order valence-electron chi connectivity index (χ3n) is 11.5. The van der Waals surface area contributed by atoms with Crippen LogP contribution in [0.4, 0.5) is 0 Å². The average molecular weight is 711 g/mol. The number of hydrogen-bond donors (Lipinski definition) is 1. The molecule has 1 aromatic heterocycles. The minimum atomic E-state index is -1.55. The molecule has 274 valence electrons. The number of likely N-dealkylation sites (tertiary alicyclic amines) is 1. The topological polar surface area (TPSA) is 147 Å². The lowest BCUT2D eigenvalue weighted by Crippen LogP contribution is -2.59. The average Bonchev–Trinajstić information content (AvgIpc) is 3.76. The van der Waals surface area contributed by atoms with E-state index in [1.54, 1.807) is 39.8 Å². The van der Waals surface area contributed by atoms with Gasteiger partial charge in [-0.3, -0.25) is 19.2 Å². The second-order valence-corrected chi connectivity index (χ2v) is 14.4. The third-order valence-corrected chi connectivity index (χ3v) is 11.5. The lowest BCUT2D eigenvalue weighted by molar-refractivity contribution is -0.165. The number of fused-ring (bicyclic) bond motifs is 3. The summed E-state index contributed by atoms with van der Waals surface area (Å²) in [5, 5.41) is 19.4. The normalized spacial score (nSPS) is 31.3. The molecule has 0 unspecified atom stereocenters. The first-order valence-electron chi connectivity index (χ1n) is 18.1. The lowest BCUT2D eigenvalue weighted by Gasteiger charge is -2.40. The van der Waals surface area contributed by atoms with Crippen molar-refractivity contribution in [2.24, 2.45) is 17.8 Å². The van der Waals surface area contributed by atoms with Gasteiger partial charge in [-0.25, -0.2) is 4.68 Å². The van der Waals surface area contributed by atoms with E-state index in [1.807, 2.05) is 81.4 Å². The summed E-state index contributed by atoms with van der Waals surface area (Å²) in [5.74, 6) is -4.01. The molecular formula is C39H46N6O7. The Morgan fingerprint density at radius 1 is 1.02 bits per heavy atom. The summed E-state index contributed by atoms with van der Waals surface area (Å²) in [4.78, 5) is 62.6. The number of aliphatic hydroxyl groups is 1. The van der Waals surface area contributed by atoms with Crippen molar-refractivity contribution in [1.29, 1.82) is 0 Å². The van der Waals surface area contributed by atoms with Gasteiger partial charge in [0.15, 0.2) is 0 Å². The number of aliphatic hydroxyl groups excluding tert-OH is 1. The molecule has 13 nitrogen and oxygen atoms in total. The Balaban J connectivity index is 1.32. The van der Waals surface area contributed by atoms with Gasteiger partial charge < -0.3 is 29.3 Å². The zero-order valence-corrected chi connectivity index (χ0v) is 29.9. The Hall–Kier alpha value is -4.88. The van der Waals surface area contributed by atoms with Crippen molar-refractivity contribution >= 4 is 34.7 Å². The molecule has 1 spiro atoms. The number of aromatic nitrogens is 3. The van der Waals surface area contributed by atoms with Crippen LogP contribution in [0.1, 0.15) is 51.7 Å². The van der Waals surface area contributed by atoms with Gasteiger partial charge >= 0.3 is 5.97 Å². The molecule has 5 heterocycles. The van der Waals surface area contributed by atoms with Crippen molar-refractivity contribution < 1.29 is 33.8 Å². The molecule has 2 saturated heterocycles. The summed E-state index contributed by atoms with van der Waals surface area (Å²) in [6.45, 7) is 5.61. The van der Waals surface area contributed by atoms with E-state index in [-0.39, 0.29) is 44.0 Å². The Morgan fingerprint density at radius 2 is 1.77 bits per heavy atom. The van der Waals surface area contributed by atoms with Gasteiger partial charge in [-0.15, -0.1) is 5.10 Å². The first-order chi connectivity index (χ1) is 25.1. The van der Waals surface area contributed by atoms with Crippen molar-refractivity contribution in [1.82, 2.24) is 29.7 Å². The van der Waals surface area contributed by atoms with Crippen LogP contribution in [0.2, 0.25) is 0 Å². The number of ether oxygens (including phenoxy) is 2. The molecule has 52 heavy (non-hydrogen) atoms. The van der Waals surface area contributed by atoms with E-state index in [0.717, 1.165) is 5.52 Å². The van der Waals surface area contributed by atoms with Crippen molar-refractivity contribution in [3.63, 3.8) is 0 Å². The highest BCUT2D eigenvalue weighted by Gasteiger charge is 2.72. The van der Waals surface area contributed by atoms with Gasteiger partial charge in [-0.1, -0.05) is 92.3 Å². The smallest absolute Gasteiger partial charge is 0.313 e. The third kappa shape index (κ3) is 5.89. The molecule has 4 aliphatic rings. The van der Waals surface area contributed by atoms with E-state index in [1.165, 1.54) is 4.90 Å². The molecule has 3 amide bonds. The molecule has 1 N–H and O–H groups in total. The molecule has 4 aliphatic heterocycles. The standard InChI is InChI=1S/C39H46N6O7/c1-5-24(2)29(22-46)45-35-37(49)43(23-44-28-17-10-9-16-27(28)40-41-44)21-13-20-39(35)33(36(45)48)32-30(52-39)18-11-12-19-31(47)42(4)25(3)34(51-38(32)50)26-14-7-6-8-15-26/h6-11,13-18,20,24-25,29-30,32-35,46H,5,12,19,21-23H2,1-4H3/b18-11-/t24-,25+,29-,30+,32-,33-,34-,35+,39-/m0/s1. The van der Waals surface area contributed by atoms with E-state index in [4.69, 9.17) is 9.47 Å². The van der Waals surface area contributed by atoms with Crippen LogP contribution in [0.3, 0.4) is 0 Å². The van der Waals surface area contributed by atoms with Gasteiger partial charge in [0.25, 0.3) is 5.91 Å². The summed E-state index contributed by atoms with van der Waals surface area (Å²) in [5.41, 5.74) is 0.586. The molecule has 0 bridgehead atoms. The molecule has 2 fully saturated rings. The van der Waals surface area contributed by atoms with Crippen LogP contribution in [0.15, 0.2) is 78.9 Å². The van der Waals surface area contributed by atoms with Crippen LogP contribution in [-0.4, -0.2) is 109 Å². The van der Waals surface area contributed by atoms with Crippen molar-refractivity contribution in [2.45, 2.75) is 82.6 Å². The highest BCUT2D eigenvalue weighted by molar-refractivity contribution is 5.99. The predicted octanol–water partition coefficient (Wildman–Crippen LogP) is 3.26. The zero-order chi connectivity index (χ0) is 36.7. The molecule has 0 aliphatic carbocycles. The SMILES string of the molecule is CC[C@H](C)[C@H](CO)N1C(=O)[C@@H]2[C@H]3C(=O)O[C@H](c4ccccc4)[C@@H](C)N(C)C(=O)CC/C=C\[C@H]3O[C@@]23C=CCN(Cn2nnc4ccccc42)C(=O)[C@@H]13. The van der Waals surface area contributed by atoms with Crippen LogP contribution in [-0.2, 0) is 35.3 Å². The number of cyclic esters (lactones) is 1. The molecule has 0 radical (unpaired) electrons. The first kappa shape index (κ1) is 35.5. The number of esters is 1. The zero-order valence-electron chi connectivity index (χ0n) is 29.9. The maximum atomic E-state index is 15.0. The molecule has 9 atom stereocenters.